The van der Waals surface area contributed by atoms with Crippen LogP contribution in [-0.4, -0.2) is 60.3 Å². The number of carbonyl (C=O) groups is 1. The van der Waals surface area contributed by atoms with Gasteiger partial charge in [-0.15, -0.1) is 0 Å². The van der Waals surface area contributed by atoms with E-state index >= 15 is 0 Å². The van der Waals surface area contributed by atoms with Crippen molar-refractivity contribution in [2.75, 3.05) is 40.0 Å². The highest BCUT2D eigenvalue weighted by Gasteiger charge is 2.23. The lowest BCUT2D eigenvalue weighted by atomic mass is 9.96. The molecule has 1 fully saturated rings. The van der Waals surface area contributed by atoms with Gasteiger partial charge in [0.1, 0.15) is 24.7 Å². The number of nitrogens with zero attached hydrogens (tertiary/aromatic N) is 3. The van der Waals surface area contributed by atoms with E-state index in [0.717, 1.165) is 55.3 Å². The molecule has 156 valence electrons. The molecule has 0 unspecified atom stereocenters. The Morgan fingerprint density at radius 1 is 1.24 bits per heavy atom. The molecule has 3 heterocycles. The Morgan fingerprint density at radius 3 is 2.62 bits per heavy atom. The minimum absolute atomic E-state index is 0.0616. The number of fused-ring (bicyclic) bond motifs is 1. The van der Waals surface area contributed by atoms with E-state index in [9.17, 15) is 4.79 Å². The van der Waals surface area contributed by atoms with Crippen molar-refractivity contribution in [3.63, 3.8) is 0 Å². The Morgan fingerprint density at radius 2 is 1.97 bits per heavy atom. The van der Waals surface area contributed by atoms with Crippen molar-refractivity contribution in [3.05, 3.63) is 35.9 Å². The zero-order valence-electron chi connectivity index (χ0n) is 17.0. The number of hydrogen-bond donors (Lipinski definition) is 1. The molecule has 0 atom stereocenters. The van der Waals surface area contributed by atoms with E-state index < -0.39 is 0 Å². The number of nitrogens with one attached hydrogen (secondary N) is 1. The highest BCUT2D eigenvalue weighted by atomic mass is 16.6. The number of imidazole rings is 1. The second-order valence-electron chi connectivity index (χ2n) is 7.63. The SMILES string of the molecule is COc1cc2c(cc1CN1CCC(CNC(=O)c3cncn3C)CC1)OCCO2. The molecule has 0 saturated carbocycles. The van der Waals surface area contributed by atoms with Gasteiger partial charge in [-0.25, -0.2) is 4.98 Å². The van der Waals surface area contributed by atoms with E-state index in [-0.39, 0.29) is 5.91 Å². The lowest BCUT2D eigenvalue weighted by Crippen LogP contribution is -2.38. The summed E-state index contributed by atoms with van der Waals surface area (Å²) in [5.41, 5.74) is 1.70. The Bertz CT molecular complexity index is 858. The average molecular weight is 400 g/mol. The number of methoxy groups -OCH3 is 1. The van der Waals surface area contributed by atoms with Gasteiger partial charge >= 0.3 is 0 Å². The van der Waals surface area contributed by atoms with Crippen molar-refractivity contribution < 1.29 is 19.0 Å². The number of carbonyl (C=O) groups excluding carboxylic acids is 1. The predicted molar refractivity (Wildman–Crippen MR) is 108 cm³/mol. The van der Waals surface area contributed by atoms with Gasteiger partial charge in [0.25, 0.3) is 5.91 Å². The smallest absolute Gasteiger partial charge is 0.269 e. The van der Waals surface area contributed by atoms with Gasteiger partial charge in [0.05, 0.1) is 19.6 Å². The molecule has 2 aliphatic rings. The molecule has 8 heteroatoms. The van der Waals surface area contributed by atoms with E-state index in [0.29, 0.717) is 31.4 Å². The number of aryl methyl sites for hydroxylation is 1. The molecule has 4 rings (SSSR count). The van der Waals surface area contributed by atoms with Crippen LogP contribution < -0.4 is 19.5 Å². The largest absolute Gasteiger partial charge is 0.496 e. The van der Waals surface area contributed by atoms with Crippen molar-refractivity contribution in [1.82, 2.24) is 19.8 Å². The first-order valence-corrected chi connectivity index (χ1v) is 10.1. The van der Waals surface area contributed by atoms with Crippen LogP contribution in [-0.2, 0) is 13.6 Å². The second kappa shape index (κ2) is 8.73. The summed E-state index contributed by atoms with van der Waals surface area (Å²) in [5.74, 6) is 2.80. The van der Waals surface area contributed by atoms with Crippen LogP contribution in [0.25, 0.3) is 0 Å². The quantitative estimate of drug-likeness (QED) is 0.797. The normalized spacial score (nSPS) is 17.2. The molecule has 0 bridgehead atoms. The Balaban J connectivity index is 1.29. The summed E-state index contributed by atoms with van der Waals surface area (Å²) in [7, 11) is 3.51. The number of benzene rings is 1. The van der Waals surface area contributed by atoms with E-state index in [2.05, 4.69) is 15.2 Å². The van der Waals surface area contributed by atoms with Gasteiger partial charge in [0, 0.05) is 31.8 Å². The summed E-state index contributed by atoms with van der Waals surface area (Å²) in [4.78, 5) is 18.7. The van der Waals surface area contributed by atoms with Crippen molar-refractivity contribution in [1.29, 1.82) is 0 Å². The second-order valence-corrected chi connectivity index (χ2v) is 7.63. The van der Waals surface area contributed by atoms with Gasteiger partial charge in [0.2, 0.25) is 0 Å². The van der Waals surface area contributed by atoms with Crippen molar-refractivity contribution in [3.8, 4) is 17.2 Å². The number of amides is 1. The highest BCUT2D eigenvalue weighted by Crippen LogP contribution is 2.37. The average Bonchev–Trinajstić information content (AvgIpc) is 3.18. The summed E-state index contributed by atoms with van der Waals surface area (Å²) >= 11 is 0. The van der Waals surface area contributed by atoms with Crippen molar-refractivity contribution in [2.24, 2.45) is 13.0 Å². The standard InChI is InChI=1S/C21H28N4O4/c1-24-14-22-12-17(24)21(26)23-11-15-3-5-25(6-4-15)13-16-9-19-20(10-18(16)27-2)29-8-7-28-19/h9-10,12,14-15H,3-8,11,13H2,1-2H3,(H,23,26). The Kier molecular flexibility index (Phi) is 5.89. The van der Waals surface area contributed by atoms with Gasteiger partial charge < -0.3 is 24.1 Å². The van der Waals surface area contributed by atoms with Crippen molar-refractivity contribution >= 4 is 5.91 Å². The number of likely N-dealkylation sites (tertiary alicyclic amines) is 1. The van der Waals surface area contributed by atoms with E-state index in [1.165, 1.54) is 0 Å². The first-order chi connectivity index (χ1) is 14.1. The van der Waals surface area contributed by atoms with E-state index in [1.807, 2.05) is 19.2 Å². The van der Waals surface area contributed by atoms with E-state index in [1.54, 1.807) is 24.2 Å². The minimum Gasteiger partial charge on any atom is -0.496 e. The fraction of sp³-hybridized carbons (Fsp3) is 0.524. The van der Waals surface area contributed by atoms with Crippen LogP contribution in [0.4, 0.5) is 0 Å². The lowest BCUT2D eigenvalue weighted by Gasteiger charge is -2.32. The third-order valence-corrected chi connectivity index (χ3v) is 5.65. The highest BCUT2D eigenvalue weighted by molar-refractivity contribution is 5.92. The Hall–Kier alpha value is -2.74. The molecule has 0 aliphatic carbocycles. The van der Waals surface area contributed by atoms with Crippen LogP contribution in [0.15, 0.2) is 24.7 Å². The molecule has 2 aromatic rings. The summed E-state index contributed by atoms with van der Waals surface area (Å²) < 4.78 is 18.7. The number of ether oxygens (including phenoxy) is 3. The van der Waals surface area contributed by atoms with Crippen molar-refractivity contribution in [2.45, 2.75) is 19.4 Å². The number of aromatic nitrogens is 2. The molecule has 2 aliphatic heterocycles. The fourth-order valence-electron chi connectivity index (χ4n) is 3.92. The predicted octanol–water partition coefficient (Wildman–Crippen LogP) is 1.84. The van der Waals surface area contributed by atoms with Crippen LogP contribution in [0.2, 0.25) is 0 Å². The zero-order valence-corrected chi connectivity index (χ0v) is 17.0. The maximum absolute atomic E-state index is 12.2. The van der Waals surface area contributed by atoms with Gasteiger partial charge in [-0.1, -0.05) is 0 Å². The summed E-state index contributed by atoms with van der Waals surface area (Å²) in [6.45, 7) is 4.64. The molecule has 0 radical (unpaired) electrons. The van der Waals surface area contributed by atoms with Crippen LogP contribution in [0, 0.1) is 5.92 Å². The molecule has 0 spiro atoms. The van der Waals surface area contributed by atoms with Crippen LogP contribution in [0.1, 0.15) is 28.9 Å². The van der Waals surface area contributed by atoms with Crippen LogP contribution in [0.5, 0.6) is 17.2 Å². The third kappa shape index (κ3) is 4.48. The summed E-state index contributed by atoms with van der Waals surface area (Å²) in [5, 5.41) is 3.04. The Labute approximate surface area is 170 Å². The van der Waals surface area contributed by atoms with E-state index in [4.69, 9.17) is 14.2 Å². The number of piperidine rings is 1. The lowest BCUT2D eigenvalue weighted by molar-refractivity contribution is 0.0927. The fourth-order valence-corrected chi connectivity index (χ4v) is 3.92. The molecule has 1 aromatic heterocycles. The molecular weight excluding hydrogens is 372 g/mol. The maximum Gasteiger partial charge on any atom is 0.269 e. The van der Waals surface area contributed by atoms with Gasteiger partial charge in [-0.2, -0.15) is 0 Å². The molecule has 29 heavy (non-hydrogen) atoms. The maximum atomic E-state index is 12.2. The monoisotopic (exact) mass is 400 g/mol. The first-order valence-electron chi connectivity index (χ1n) is 10.1. The summed E-state index contributed by atoms with van der Waals surface area (Å²) in [6, 6.07) is 3.96. The number of rotatable bonds is 6. The van der Waals surface area contributed by atoms with Crippen LogP contribution in [0.3, 0.4) is 0 Å². The first kappa shape index (κ1) is 19.6. The summed E-state index contributed by atoms with van der Waals surface area (Å²) in [6.07, 6.45) is 5.34. The molecule has 1 aromatic carbocycles. The molecule has 8 nitrogen and oxygen atoms in total. The number of hydrogen-bond acceptors (Lipinski definition) is 6. The van der Waals surface area contributed by atoms with Gasteiger partial charge in [-0.3, -0.25) is 9.69 Å². The molecule has 1 saturated heterocycles. The molecule has 1 amide bonds. The minimum atomic E-state index is -0.0616. The van der Waals surface area contributed by atoms with Gasteiger partial charge in [0.15, 0.2) is 11.5 Å². The third-order valence-electron chi connectivity index (χ3n) is 5.65. The van der Waals surface area contributed by atoms with Crippen LogP contribution >= 0.6 is 0 Å². The zero-order chi connectivity index (χ0) is 20.2. The van der Waals surface area contributed by atoms with Gasteiger partial charge in [-0.05, 0) is 37.9 Å². The molecule has 1 N–H and O–H groups in total. The topological polar surface area (TPSA) is 77.9 Å². The molecular formula is C21H28N4O4.